The van der Waals surface area contributed by atoms with Crippen molar-refractivity contribution in [1.29, 1.82) is 0 Å². The van der Waals surface area contributed by atoms with Crippen LogP contribution in [-0.4, -0.2) is 35.1 Å². The summed E-state index contributed by atoms with van der Waals surface area (Å²) in [6.45, 7) is 1.02. The molecular formula is C12H15ClN2O2. The molecule has 17 heavy (non-hydrogen) atoms. The van der Waals surface area contributed by atoms with E-state index in [4.69, 9.17) is 17.3 Å². The maximum absolute atomic E-state index is 12.2. The normalized spacial score (nSPS) is 20.4. The number of piperidine rings is 1. The standard InChI is InChI=1S/C12H15ClN2O2/c13-11-9(4-1-5-10(11)14)12(17)15-6-2-3-8(16)7-15/h1,4-5,8,16H,2-3,6-7,14H2. The molecule has 1 aromatic rings. The second-order valence-corrected chi connectivity index (χ2v) is 4.63. The molecule has 1 atom stereocenters. The zero-order chi connectivity index (χ0) is 12.4. The molecule has 0 aromatic heterocycles. The maximum atomic E-state index is 12.2. The summed E-state index contributed by atoms with van der Waals surface area (Å²) in [5.74, 6) is -0.166. The quantitative estimate of drug-likeness (QED) is 0.747. The van der Waals surface area contributed by atoms with Gasteiger partial charge in [0.15, 0.2) is 0 Å². The van der Waals surface area contributed by atoms with Crippen molar-refractivity contribution in [3.8, 4) is 0 Å². The Hall–Kier alpha value is -1.26. The number of amides is 1. The molecule has 1 amide bonds. The maximum Gasteiger partial charge on any atom is 0.255 e. The van der Waals surface area contributed by atoms with E-state index in [0.717, 1.165) is 12.8 Å². The number of halogens is 1. The smallest absolute Gasteiger partial charge is 0.255 e. The fraction of sp³-hybridized carbons (Fsp3) is 0.417. The van der Waals surface area contributed by atoms with Gasteiger partial charge in [0.1, 0.15) is 0 Å². The van der Waals surface area contributed by atoms with Gasteiger partial charge in [0.2, 0.25) is 0 Å². The van der Waals surface area contributed by atoms with E-state index in [2.05, 4.69) is 0 Å². The van der Waals surface area contributed by atoms with E-state index in [1.807, 2.05) is 0 Å². The van der Waals surface area contributed by atoms with E-state index in [1.54, 1.807) is 23.1 Å². The minimum atomic E-state index is -0.437. The second kappa shape index (κ2) is 4.94. The van der Waals surface area contributed by atoms with Crippen LogP contribution in [-0.2, 0) is 0 Å². The molecule has 3 N–H and O–H groups in total. The van der Waals surface area contributed by atoms with Gasteiger partial charge in [-0.15, -0.1) is 0 Å². The Morgan fingerprint density at radius 2 is 2.29 bits per heavy atom. The van der Waals surface area contributed by atoms with Gasteiger partial charge in [0.25, 0.3) is 5.91 Å². The first-order valence-corrected chi connectivity index (χ1v) is 5.98. The van der Waals surface area contributed by atoms with Gasteiger partial charge in [-0.1, -0.05) is 17.7 Å². The molecule has 0 aliphatic carbocycles. The number of carbonyl (C=O) groups excluding carboxylic acids is 1. The predicted octanol–water partition coefficient (Wildman–Crippen LogP) is 1.52. The summed E-state index contributed by atoms with van der Waals surface area (Å²) in [4.78, 5) is 13.8. The Morgan fingerprint density at radius 1 is 1.53 bits per heavy atom. The van der Waals surface area contributed by atoms with E-state index < -0.39 is 6.10 Å². The third-order valence-corrected chi connectivity index (χ3v) is 3.36. The zero-order valence-corrected chi connectivity index (χ0v) is 10.2. The topological polar surface area (TPSA) is 66.6 Å². The largest absolute Gasteiger partial charge is 0.398 e. The molecule has 5 heteroatoms. The molecule has 1 aliphatic rings. The molecule has 0 radical (unpaired) electrons. The van der Waals surface area contributed by atoms with Gasteiger partial charge in [-0.2, -0.15) is 0 Å². The number of nitrogen functional groups attached to an aromatic ring is 1. The summed E-state index contributed by atoms with van der Waals surface area (Å²) in [7, 11) is 0. The number of rotatable bonds is 1. The van der Waals surface area contributed by atoms with Gasteiger partial charge in [0, 0.05) is 13.1 Å². The lowest BCUT2D eigenvalue weighted by atomic mass is 10.1. The van der Waals surface area contributed by atoms with E-state index >= 15 is 0 Å². The number of benzene rings is 1. The van der Waals surface area contributed by atoms with Crippen LogP contribution in [0.25, 0.3) is 0 Å². The molecule has 4 nitrogen and oxygen atoms in total. The van der Waals surface area contributed by atoms with Crippen LogP contribution in [0.2, 0.25) is 5.02 Å². The number of β-amino-alcohol motifs (C(OH)–C–C–N with tert-alkyl or cyclic N) is 1. The molecule has 1 aromatic carbocycles. The van der Waals surface area contributed by atoms with Crippen LogP contribution in [0.3, 0.4) is 0 Å². The molecule has 0 spiro atoms. The van der Waals surface area contributed by atoms with Crippen molar-refractivity contribution < 1.29 is 9.90 Å². The first-order valence-electron chi connectivity index (χ1n) is 5.61. The van der Waals surface area contributed by atoms with Gasteiger partial charge in [0.05, 0.1) is 22.4 Å². The lowest BCUT2D eigenvalue weighted by Crippen LogP contribution is -2.42. The average molecular weight is 255 g/mol. The SMILES string of the molecule is Nc1cccc(C(=O)N2CCCC(O)C2)c1Cl. The Kier molecular flexibility index (Phi) is 3.54. The number of hydrogen-bond acceptors (Lipinski definition) is 3. The van der Waals surface area contributed by atoms with E-state index in [1.165, 1.54) is 0 Å². The summed E-state index contributed by atoms with van der Waals surface area (Å²) < 4.78 is 0. The molecule has 92 valence electrons. The Labute approximate surface area is 105 Å². The first kappa shape index (κ1) is 12.2. The second-order valence-electron chi connectivity index (χ2n) is 4.26. The zero-order valence-electron chi connectivity index (χ0n) is 9.40. The molecule has 1 fully saturated rings. The molecule has 0 saturated carbocycles. The lowest BCUT2D eigenvalue weighted by Gasteiger charge is -2.30. The molecule has 1 heterocycles. The highest BCUT2D eigenvalue weighted by molar-refractivity contribution is 6.36. The van der Waals surface area contributed by atoms with Crippen LogP contribution in [0.15, 0.2) is 18.2 Å². The van der Waals surface area contributed by atoms with Crippen LogP contribution >= 0.6 is 11.6 Å². The van der Waals surface area contributed by atoms with Crippen LogP contribution in [0.5, 0.6) is 0 Å². The third kappa shape index (κ3) is 2.53. The highest BCUT2D eigenvalue weighted by atomic mass is 35.5. The summed E-state index contributed by atoms with van der Waals surface area (Å²) >= 11 is 6.01. The number of anilines is 1. The monoisotopic (exact) mass is 254 g/mol. The fourth-order valence-electron chi connectivity index (χ4n) is 2.02. The van der Waals surface area contributed by atoms with Crippen molar-refractivity contribution in [3.63, 3.8) is 0 Å². The van der Waals surface area contributed by atoms with Crippen molar-refractivity contribution in [2.45, 2.75) is 18.9 Å². The van der Waals surface area contributed by atoms with E-state index in [-0.39, 0.29) is 10.9 Å². The first-order chi connectivity index (χ1) is 8.09. The van der Waals surface area contributed by atoms with Crippen molar-refractivity contribution in [2.75, 3.05) is 18.8 Å². The number of carbonyl (C=O) groups is 1. The van der Waals surface area contributed by atoms with Crippen molar-refractivity contribution >= 4 is 23.2 Å². The molecule has 0 bridgehead atoms. The van der Waals surface area contributed by atoms with E-state index in [9.17, 15) is 9.90 Å². The van der Waals surface area contributed by atoms with Crippen molar-refractivity contribution in [1.82, 2.24) is 4.90 Å². The Balaban J connectivity index is 2.22. The number of nitrogens with zero attached hydrogens (tertiary/aromatic N) is 1. The summed E-state index contributed by atoms with van der Waals surface area (Å²) in [6, 6.07) is 5.01. The average Bonchev–Trinajstić information content (AvgIpc) is 2.32. The van der Waals surface area contributed by atoms with Gasteiger partial charge in [-0.25, -0.2) is 0 Å². The summed E-state index contributed by atoms with van der Waals surface area (Å²) in [5.41, 5.74) is 6.46. The van der Waals surface area contributed by atoms with E-state index in [0.29, 0.717) is 24.3 Å². The lowest BCUT2D eigenvalue weighted by molar-refractivity contribution is 0.0474. The minimum Gasteiger partial charge on any atom is -0.398 e. The minimum absolute atomic E-state index is 0.166. The number of hydrogen-bond donors (Lipinski definition) is 2. The van der Waals surface area contributed by atoms with Gasteiger partial charge >= 0.3 is 0 Å². The van der Waals surface area contributed by atoms with Crippen LogP contribution in [0.4, 0.5) is 5.69 Å². The van der Waals surface area contributed by atoms with Crippen LogP contribution in [0, 0.1) is 0 Å². The Morgan fingerprint density at radius 3 is 3.00 bits per heavy atom. The van der Waals surface area contributed by atoms with Crippen molar-refractivity contribution in [3.05, 3.63) is 28.8 Å². The molecule has 1 aliphatic heterocycles. The van der Waals surface area contributed by atoms with Crippen LogP contribution in [0.1, 0.15) is 23.2 Å². The predicted molar refractivity (Wildman–Crippen MR) is 67.0 cm³/mol. The summed E-state index contributed by atoms with van der Waals surface area (Å²) in [6.07, 6.45) is 1.12. The third-order valence-electron chi connectivity index (χ3n) is 2.94. The number of aliphatic hydroxyl groups excluding tert-OH is 1. The highest BCUT2D eigenvalue weighted by Crippen LogP contribution is 2.25. The Bertz CT molecular complexity index is 437. The van der Waals surface area contributed by atoms with Gasteiger partial charge < -0.3 is 15.7 Å². The molecule has 1 unspecified atom stereocenters. The highest BCUT2D eigenvalue weighted by Gasteiger charge is 2.24. The molecule has 1 saturated heterocycles. The molecule has 2 rings (SSSR count). The number of nitrogens with two attached hydrogens (primary N) is 1. The number of aliphatic hydroxyl groups is 1. The van der Waals surface area contributed by atoms with Gasteiger partial charge in [-0.3, -0.25) is 4.79 Å². The summed E-state index contributed by atoms with van der Waals surface area (Å²) in [5, 5.41) is 9.84. The van der Waals surface area contributed by atoms with Crippen molar-refractivity contribution in [2.24, 2.45) is 0 Å². The van der Waals surface area contributed by atoms with Gasteiger partial charge in [-0.05, 0) is 25.0 Å². The fourth-order valence-corrected chi connectivity index (χ4v) is 2.23. The van der Waals surface area contributed by atoms with Crippen LogP contribution < -0.4 is 5.73 Å². The molecular weight excluding hydrogens is 240 g/mol. The number of likely N-dealkylation sites (tertiary alicyclic amines) is 1.